The van der Waals surface area contributed by atoms with Gasteiger partial charge in [0.2, 0.25) is 5.91 Å². The summed E-state index contributed by atoms with van der Waals surface area (Å²) in [4.78, 5) is 16.8. The Morgan fingerprint density at radius 3 is 2.72 bits per heavy atom. The van der Waals surface area contributed by atoms with Crippen molar-refractivity contribution in [3.8, 4) is 5.69 Å². The number of aromatic nitrogens is 6. The van der Waals surface area contributed by atoms with Crippen molar-refractivity contribution in [2.45, 2.75) is 52.6 Å². The van der Waals surface area contributed by atoms with Crippen molar-refractivity contribution in [2.24, 2.45) is 0 Å². The molecule has 0 spiro atoms. The fourth-order valence-electron chi connectivity index (χ4n) is 4.08. The maximum absolute atomic E-state index is 12.8. The molecule has 10 heteroatoms. The molecule has 2 aromatic heterocycles. The Kier molecular flexibility index (Phi) is 6.61. The molecule has 0 radical (unpaired) electrons. The van der Waals surface area contributed by atoms with Crippen LogP contribution >= 0.6 is 0 Å². The van der Waals surface area contributed by atoms with Crippen molar-refractivity contribution >= 4 is 5.91 Å². The van der Waals surface area contributed by atoms with Crippen LogP contribution in [0.1, 0.15) is 30.8 Å². The number of aryl methyl sites for hydroxylation is 1. The van der Waals surface area contributed by atoms with Crippen LogP contribution in [0.25, 0.3) is 5.69 Å². The predicted octanol–water partition coefficient (Wildman–Crippen LogP) is 1.44. The van der Waals surface area contributed by atoms with Gasteiger partial charge in [0.1, 0.15) is 6.54 Å². The minimum absolute atomic E-state index is 0.0640. The minimum atomic E-state index is -0.0640. The Balaban J connectivity index is 1.36. The highest BCUT2D eigenvalue weighted by molar-refractivity contribution is 5.75. The highest BCUT2D eigenvalue weighted by Crippen LogP contribution is 2.15. The lowest BCUT2D eigenvalue weighted by Gasteiger charge is -2.34. The standard InChI is InChI=1S/C22H30N8O2/c1-16-7-5-6-8-20(16)29-13-19(9-23-29)12-27(4)22(31)15-30-21(24-25-26-30)14-28-10-17(2)32-18(3)11-28/h5-9,13,17-18H,10-12,14-15H2,1-4H3/t17-,18+. The molecule has 170 valence electrons. The molecule has 10 nitrogen and oxygen atoms in total. The lowest BCUT2D eigenvalue weighted by atomic mass is 10.2. The molecule has 0 N–H and O–H groups in total. The zero-order chi connectivity index (χ0) is 22.7. The topological polar surface area (TPSA) is 94.2 Å². The first-order chi connectivity index (χ1) is 15.4. The van der Waals surface area contributed by atoms with Gasteiger partial charge in [0, 0.05) is 38.4 Å². The number of ether oxygens (including phenoxy) is 1. The zero-order valence-corrected chi connectivity index (χ0v) is 19.0. The number of rotatable bonds is 7. The lowest BCUT2D eigenvalue weighted by Crippen LogP contribution is -2.45. The highest BCUT2D eigenvalue weighted by Gasteiger charge is 2.24. The van der Waals surface area contributed by atoms with Gasteiger partial charge in [-0.05, 0) is 42.8 Å². The maximum Gasteiger partial charge on any atom is 0.244 e. The quantitative estimate of drug-likeness (QED) is 0.551. The molecular formula is C22H30N8O2. The van der Waals surface area contributed by atoms with Crippen LogP contribution in [0.5, 0.6) is 0 Å². The van der Waals surface area contributed by atoms with Gasteiger partial charge in [0.15, 0.2) is 5.82 Å². The number of tetrazole rings is 1. The Morgan fingerprint density at radius 2 is 1.97 bits per heavy atom. The molecule has 0 saturated carbocycles. The smallest absolute Gasteiger partial charge is 0.244 e. The molecule has 1 saturated heterocycles. The van der Waals surface area contributed by atoms with E-state index in [1.54, 1.807) is 22.8 Å². The van der Waals surface area contributed by atoms with Crippen molar-refractivity contribution < 1.29 is 9.53 Å². The number of morpholine rings is 1. The second kappa shape index (κ2) is 9.58. The molecule has 2 atom stereocenters. The summed E-state index contributed by atoms with van der Waals surface area (Å²) in [6, 6.07) is 8.06. The molecule has 4 rings (SSSR count). The summed E-state index contributed by atoms with van der Waals surface area (Å²) in [5.74, 6) is 0.617. The van der Waals surface area contributed by atoms with Gasteiger partial charge in [-0.2, -0.15) is 5.10 Å². The number of carbonyl (C=O) groups is 1. The number of para-hydroxylation sites is 1. The van der Waals surface area contributed by atoms with Crippen molar-refractivity contribution in [1.29, 1.82) is 0 Å². The van der Waals surface area contributed by atoms with E-state index in [4.69, 9.17) is 4.74 Å². The summed E-state index contributed by atoms with van der Waals surface area (Å²) in [5.41, 5.74) is 3.12. The summed E-state index contributed by atoms with van der Waals surface area (Å²) in [5, 5.41) is 16.4. The van der Waals surface area contributed by atoms with E-state index >= 15 is 0 Å². The van der Waals surface area contributed by atoms with Crippen LogP contribution in [-0.2, 0) is 29.2 Å². The van der Waals surface area contributed by atoms with E-state index < -0.39 is 0 Å². The van der Waals surface area contributed by atoms with E-state index in [0.29, 0.717) is 18.9 Å². The first kappa shape index (κ1) is 22.1. The van der Waals surface area contributed by atoms with Crippen LogP contribution in [0.3, 0.4) is 0 Å². The van der Waals surface area contributed by atoms with E-state index in [-0.39, 0.29) is 24.7 Å². The van der Waals surface area contributed by atoms with Crippen LogP contribution in [-0.4, -0.2) is 78.0 Å². The first-order valence-corrected chi connectivity index (χ1v) is 10.9. The molecule has 32 heavy (non-hydrogen) atoms. The third kappa shape index (κ3) is 5.20. The van der Waals surface area contributed by atoms with Crippen LogP contribution in [0, 0.1) is 6.92 Å². The van der Waals surface area contributed by atoms with Crippen LogP contribution in [0.2, 0.25) is 0 Å². The van der Waals surface area contributed by atoms with Gasteiger partial charge in [0.05, 0.1) is 30.6 Å². The highest BCUT2D eigenvalue weighted by atomic mass is 16.5. The molecule has 3 aromatic rings. The molecule has 1 aliphatic rings. The summed E-state index contributed by atoms with van der Waals surface area (Å²) >= 11 is 0. The predicted molar refractivity (Wildman–Crippen MR) is 118 cm³/mol. The molecule has 0 aliphatic carbocycles. The van der Waals surface area contributed by atoms with Crippen molar-refractivity contribution in [3.63, 3.8) is 0 Å². The molecule has 1 aromatic carbocycles. The second-order valence-electron chi connectivity index (χ2n) is 8.53. The van der Waals surface area contributed by atoms with Gasteiger partial charge in [0.25, 0.3) is 0 Å². The zero-order valence-electron chi connectivity index (χ0n) is 19.0. The van der Waals surface area contributed by atoms with Gasteiger partial charge in [-0.3, -0.25) is 9.69 Å². The third-order valence-electron chi connectivity index (χ3n) is 5.60. The van der Waals surface area contributed by atoms with E-state index in [9.17, 15) is 4.79 Å². The van der Waals surface area contributed by atoms with Gasteiger partial charge in [-0.25, -0.2) is 9.36 Å². The van der Waals surface area contributed by atoms with E-state index in [2.05, 4.69) is 39.4 Å². The summed E-state index contributed by atoms with van der Waals surface area (Å²) < 4.78 is 9.21. The average Bonchev–Trinajstić information content (AvgIpc) is 3.37. The van der Waals surface area contributed by atoms with Crippen molar-refractivity contribution in [2.75, 3.05) is 20.1 Å². The van der Waals surface area contributed by atoms with Crippen molar-refractivity contribution in [1.82, 2.24) is 39.8 Å². The Morgan fingerprint density at radius 1 is 1.22 bits per heavy atom. The van der Waals surface area contributed by atoms with Gasteiger partial charge in [-0.1, -0.05) is 18.2 Å². The maximum atomic E-state index is 12.8. The fraction of sp³-hybridized carbons (Fsp3) is 0.500. The fourth-order valence-corrected chi connectivity index (χ4v) is 4.08. The van der Waals surface area contributed by atoms with E-state index in [1.807, 2.05) is 42.1 Å². The lowest BCUT2D eigenvalue weighted by molar-refractivity contribution is -0.131. The summed E-state index contributed by atoms with van der Waals surface area (Å²) in [6.45, 7) is 8.95. The SMILES string of the molecule is Cc1ccccc1-n1cc(CN(C)C(=O)Cn2nnnc2CN2C[C@@H](C)O[C@@H](C)C2)cn1. The molecule has 0 bridgehead atoms. The molecule has 1 aliphatic heterocycles. The number of likely N-dealkylation sites (N-methyl/N-ethyl adjacent to an activating group) is 1. The molecule has 3 heterocycles. The van der Waals surface area contributed by atoms with Crippen LogP contribution < -0.4 is 0 Å². The number of carbonyl (C=O) groups excluding carboxylic acids is 1. The minimum Gasteiger partial charge on any atom is -0.373 e. The number of amides is 1. The first-order valence-electron chi connectivity index (χ1n) is 10.9. The monoisotopic (exact) mass is 438 g/mol. The number of hydrogen-bond acceptors (Lipinski definition) is 7. The van der Waals surface area contributed by atoms with E-state index in [0.717, 1.165) is 29.9 Å². The average molecular weight is 439 g/mol. The van der Waals surface area contributed by atoms with Crippen molar-refractivity contribution in [3.05, 3.63) is 53.6 Å². The molecule has 1 fully saturated rings. The van der Waals surface area contributed by atoms with E-state index in [1.165, 1.54) is 0 Å². The van der Waals surface area contributed by atoms with Crippen LogP contribution in [0.15, 0.2) is 36.7 Å². The largest absolute Gasteiger partial charge is 0.373 e. The Labute approximate surface area is 187 Å². The summed E-state index contributed by atoms with van der Waals surface area (Å²) in [6.07, 6.45) is 4.07. The van der Waals surface area contributed by atoms with Gasteiger partial charge < -0.3 is 9.64 Å². The number of hydrogen-bond donors (Lipinski definition) is 0. The van der Waals surface area contributed by atoms with Gasteiger partial charge >= 0.3 is 0 Å². The normalized spacial score (nSPS) is 19.2. The molecular weight excluding hydrogens is 408 g/mol. The Hall–Kier alpha value is -3.11. The van der Waals surface area contributed by atoms with Gasteiger partial charge in [-0.15, -0.1) is 5.10 Å². The molecule has 0 unspecified atom stereocenters. The molecule has 1 amide bonds. The summed E-state index contributed by atoms with van der Waals surface area (Å²) in [7, 11) is 1.78. The second-order valence-corrected chi connectivity index (χ2v) is 8.53. The number of nitrogens with zero attached hydrogens (tertiary/aromatic N) is 8. The van der Waals surface area contributed by atoms with Crippen LogP contribution in [0.4, 0.5) is 0 Å². The third-order valence-corrected chi connectivity index (χ3v) is 5.60. The Bertz CT molecular complexity index is 1050. The number of benzene rings is 1.